The number of hydrogen-bond acceptors (Lipinski definition) is 5. The van der Waals surface area contributed by atoms with Crippen molar-refractivity contribution in [3.05, 3.63) is 59.7 Å². The van der Waals surface area contributed by atoms with Gasteiger partial charge < -0.3 is 24.8 Å². The number of halogens is 2. The summed E-state index contributed by atoms with van der Waals surface area (Å²) in [6.45, 7) is -1.65. The van der Waals surface area contributed by atoms with Crippen LogP contribution in [0.5, 0.6) is 0 Å². The Morgan fingerprint density at radius 2 is 1.68 bits per heavy atom. The zero-order valence-electron chi connectivity index (χ0n) is 18.4. The Morgan fingerprint density at radius 3 is 2.24 bits per heavy atom. The van der Waals surface area contributed by atoms with E-state index in [9.17, 15) is 28.3 Å². The fourth-order valence-electron chi connectivity index (χ4n) is 4.55. The molecule has 2 atom stereocenters. The van der Waals surface area contributed by atoms with E-state index >= 15 is 0 Å². The van der Waals surface area contributed by atoms with Crippen LogP contribution in [0.4, 0.5) is 13.6 Å². The van der Waals surface area contributed by atoms with Crippen LogP contribution < -0.4 is 5.32 Å². The molecule has 4 rings (SSSR count). The molecule has 2 aromatic carbocycles. The molecule has 1 aliphatic carbocycles. The maximum absolute atomic E-state index is 14.5. The van der Waals surface area contributed by atoms with Gasteiger partial charge in [0.2, 0.25) is 0 Å². The number of aliphatic carboxylic acids is 1. The van der Waals surface area contributed by atoms with E-state index in [0.717, 1.165) is 22.3 Å². The van der Waals surface area contributed by atoms with Crippen LogP contribution in [0.2, 0.25) is 0 Å². The summed E-state index contributed by atoms with van der Waals surface area (Å²) in [6.07, 6.45) is -1.84. The Morgan fingerprint density at radius 1 is 1.09 bits per heavy atom. The Labute approximate surface area is 194 Å². The molecule has 0 bridgehead atoms. The van der Waals surface area contributed by atoms with E-state index in [1.807, 2.05) is 53.8 Å². The molecule has 1 aliphatic heterocycles. The quantitative estimate of drug-likeness (QED) is 0.640. The molecule has 1 saturated heterocycles. The molecular formula is C24H24F2N2O6. The summed E-state index contributed by atoms with van der Waals surface area (Å²) in [5.41, 5.74) is 3.99. The molecule has 1 heterocycles. The number of amides is 2. The summed E-state index contributed by atoms with van der Waals surface area (Å²) < 4.78 is 39.3. The minimum absolute atomic E-state index is 0.0674. The van der Waals surface area contributed by atoms with Gasteiger partial charge >= 0.3 is 18.0 Å². The van der Waals surface area contributed by atoms with Crippen molar-refractivity contribution in [2.24, 2.45) is 0 Å². The fourth-order valence-corrected chi connectivity index (χ4v) is 4.55. The summed E-state index contributed by atoms with van der Waals surface area (Å²) in [7, 11) is 1.31. The highest BCUT2D eigenvalue weighted by atomic mass is 19.3. The number of hydrogen-bond donors (Lipinski definition) is 2. The second kappa shape index (κ2) is 9.38. The molecule has 0 saturated carbocycles. The largest absolute Gasteiger partial charge is 0.480 e. The van der Waals surface area contributed by atoms with Gasteiger partial charge in [0.15, 0.2) is 0 Å². The van der Waals surface area contributed by atoms with Crippen molar-refractivity contribution in [3.8, 4) is 11.1 Å². The van der Waals surface area contributed by atoms with E-state index in [0.29, 0.717) is 4.90 Å². The SMILES string of the molecule is COC1CC(C(=O)O)N(C(=O)C(F)(F)CNC(=O)OCC2c3ccccc3-c3ccccc32)C1. The highest BCUT2D eigenvalue weighted by molar-refractivity contribution is 5.89. The van der Waals surface area contributed by atoms with Crippen molar-refractivity contribution in [1.82, 2.24) is 10.2 Å². The molecule has 0 aromatic heterocycles. The molecule has 8 nitrogen and oxygen atoms in total. The zero-order valence-corrected chi connectivity index (χ0v) is 18.4. The van der Waals surface area contributed by atoms with E-state index in [4.69, 9.17) is 9.47 Å². The number of carbonyl (C=O) groups is 3. The predicted molar refractivity (Wildman–Crippen MR) is 117 cm³/mol. The number of carbonyl (C=O) groups excluding carboxylic acids is 2. The highest BCUT2D eigenvalue weighted by Gasteiger charge is 2.49. The number of alkyl halides is 2. The minimum atomic E-state index is -4.01. The lowest BCUT2D eigenvalue weighted by atomic mass is 9.98. The van der Waals surface area contributed by atoms with Gasteiger partial charge in [-0.2, -0.15) is 8.78 Å². The van der Waals surface area contributed by atoms with Crippen molar-refractivity contribution < 1.29 is 37.7 Å². The number of nitrogens with one attached hydrogen (secondary N) is 1. The standard InChI is InChI=1S/C24H24F2N2O6/c1-33-14-10-20(21(29)30)28(11-14)22(31)24(25,26)13-27-23(32)34-12-19-17-8-4-2-6-15(17)16-7-3-5-9-18(16)19/h2-9,14,19-20H,10-13H2,1H3,(H,27,32)(H,29,30). The van der Waals surface area contributed by atoms with E-state index < -0.39 is 42.6 Å². The van der Waals surface area contributed by atoms with E-state index in [1.54, 1.807) is 0 Å². The van der Waals surface area contributed by atoms with E-state index in [-0.39, 0.29) is 25.5 Å². The monoisotopic (exact) mass is 474 g/mol. The molecular weight excluding hydrogens is 450 g/mol. The molecule has 2 amide bonds. The number of ether oxygens (including phenoxy) is 2. The third kappa shape index (κ3) is 4.45. The van der Waals surface area contributed by atoms with Crippen LogP contribution in [0.25, 0.3) is 11.1 Å². The lowest BCUT2D eigenvalue weighted by Crippen LogP contribution is -2.53. The number of carboxylic acids is 1. The summed E-state index contributed by atoms with van der Waals surface area (Å²) in [5, 5.41) is 11.2. The number of fused-ring (bicyclic) bond motifs is 3. The Hall–Kier alpha value is -3.53. The average molecular weight is 474 g/mol. The summed E-state index contributed by atoms with van der Waals surface area (Å²) in [6, 6.07) is 13.9. The van der Waals surface area contributed by atoms with E-state index in [1.165, 1.54) is 7.11 Å². The molecule has 2 aromatic rings. The number of methoxy groups -OCH3 is 1. The molecule has 2 N–H and O–H groups in total. The van der Waals surface area contributed by atoms with E-state index in [2.05, 4.69) is 0 Å². The molecule has 180 valence electrons. The van der Waals surface area contributed by atoms with Crippen LogP contribution in [0, 0.1) is 0 Å². The van der Waals surface area contributed by atoms with Crippen LogP contribution in [-0.4, -0.2) is 72.9 Å². The Kier molecular flexibility index (Phi) is 6.52. The van der Waals surface area contributed by atoms with Gasteiger partial charge in [-0.1, -0.05) is 48.5 Å². The normalized spacial score (nSPS) is 19.4. The van der Waals surface area contributed by atoms with Gasteiger partial charge in [0.1, 0.15) is 12.6 Å². The first-order valence-electron chi connectivity index (χ1n) is 10.8. The maximum atomic E-state index is 14.5. The summed E-state index contributed by atoms with van der Waals surface area (Å²) >= 11 is 0. The second-order valence-electron chi connectivity index (χ2n) is 8.29. The predicted octanol–water partition coefficient (Wildman–Crippen LogP) is 2.86. The molecule has 1 fully saturated rings. The fraction of sp³-hybridized carbons (Fsp3) is 0.375. The molecule has 34 heavy (non-hydrogen) atoms. The first-order chi connectivity index (χ1) is 16.2. The van der Waals surface area contributed by atoms with Gasteiger partial charge in [-0.3, -0.25) is 4.79 Å². The third-order valence-electron chi connectivity index (χ3n) is 6.25. The van der Waals surface area contributed by atoms with Gasteiger partial charge in [-0.15, -0.1) is 0 Å². The number of carboxylic acid groups (broad SMARTS) is 1. The van der Waals surface area contributed by atoms with Gasteiger partial charge in [0.25, 0.3) is 5.91 Å². The maximum Gasteiger partial charge on any atom is 0.407 e. The zero-order chi connectivity index (χ0) is 24.5. The van der Waals surface area contributed by atoms with Crippen LogP contribution in [0.15, 0.2) is 48.5 Å². The minimum Gasteiger partial charge on any atom is -0.480 e. The number of nitrogens with zero attached hydrogens (tertiary/aromatic N) is 1. The number of benzene rings is 2. The van der Waals surface area contributed by atoms with Crippen molar-refractivity contribution >= 4 is 18.0 Å². The van der Waals surface area contributed by atoms with Crippen LogP contribution in [-0.2, 0) is 19.1 Å². The van der Waals surface area contributed by atoms with Crippen LogP contribution >= 0.6 is 0 Å². The summed E-state index contributed by atoms with van der Waals surface area (Å²) in [4.78, 5) is 36.5. The number of alkyl carbamates (subject to hydrolysis) is 1. The molecule has 0 spiro atoms. The van der Waals surface area contributed by atoms with Gasteiger partial charge in [-0.05, 0) is 22.3 Å². The second-order valence-corrected chi connectivity index (χ2v) is 8.29. The number of likely N-dealkylation sites (tertiary alicyclic amines) is 1. The topological polar surface area (TPSA) is 105 Å². The molecule has 2 unspecified atom stereocenters. The Bertz CT molecular complexity index is 1060. The average Bonchev–Trinajstić information content (AvgIpc) is 3.41. The molecule has 2 aliphatic rings. The van der Waals surface area contributed by atoms with Crippen molar-refractivity contribution in [1.29, 1.82) is 0 Å². The van der Waals surface area contributed by atoms with Gasteiger partial charge in [0, 0.05) is 26.0 Å². The first-order valence-corrected chi connectivity index (χ1v) is 10.8. The van der Waals surface area contributed by atoms with Gasteiger partial charge in [-0.25, -0.2) is 9.59 Å². The number of rotatable bonds is 7. The summed E-state index contributed by atoms with van der Waals surface area (Å²) in [5.74, 6) is -7.33. The van der Waals surface area contributed by atoms with Crippen molar-refractivity contribution in [3.63, 3.8) is 0 Å². The molecule has 0 radical (unpaired) electrons. The van der Waals surface area contributed by atoms with Crippen LogP contribution in [0.3, 0.4) is 0 Å². The Balaban J connectivity index is 1.36. The first kappa shape index (κ1) is 23.6. The lowest BCUT2D eigenvalue weighted by Gasteiger charge is -2.26. The van der Waals surface area contributed by atoms with Crippen molar-refractivity contribution in [2.75, 3.05) is 26.8 Å². The van der Waals surface area contributed by atoms with Gasteiger partial charge in [0.05, 0.1) is 12.6 Å². The highest BCUT2D eigenvalue weighted by Crippen LogP contribution is 2.44. The molecule has 10 heteroatoms. The van der Waals surface area contributed by atoms with Crippen LogP contribution in [0.1, 0.15) is 23.5 Å². The van der Waals surface area contributed by atoms with Crippen molar-refractivity contribution in [2.45, 2.75) is 30.4 Å². The smallest absolute Gasteiger partial charge is 0.407 e. The lowest BCUT2D eigenvalue weighted by molar-refractivity contribution is -0.163. The third-order valence-corrected chi connectivity index (χ3v) is 6.25.